The number of rotatable bonds is 7. The highest BCUT2D eigenvalue weighted by Gasteiger charge is 2.31. The fourth-order valence-electron chi connectivity index (χ4n) is 2.73. The Morgan fingerprint density at radius 2 is 1.73 bits per heavy atom. The Morgan fingerprint density at radius 3 is 2.23 bits per heavy atom. The van der Waals surface area contributed by atoms with E-state index in [2.05, 4.69) is 0 Å². The third-order valence-corrected chi connectivity index (χ3v) is 5.98. The summed E-state index contributed by atoms with van der Waals surface area (Å²) in [5.74, 6) is 0. The van der Waals surface area contributed by atoms with Gasteiger partial charge in [0.2, 0.25) is 10.0 Å². The van der Waals surface area contributed by atoms with E-state index in [0.29, 0.717) is 39.1 Å². The number of sulfonamides is 1. The van der Waals surface area contributed by atoms with Gasteiger partial charge in [0.1, 0.15) is 0 Å². The smallest absolute Gasteiger partial charge is 0.378 e. The van der Waals surface area contributed by atoms with Gasteiger partial charge < -0.3 is 10.5 Å². The van der Waals surface area contributed by atoms with Crippen LogP contribution < -0.4 is 5.73 Å². The molecule has 0 radical (unpaired) electrons. The first-order valence-electron chi connectivity index (χ1n) is 8.20. The molecule has 26 heavy (non-hydrogen) atoms. The molecule has 1 saturated heterocycles. The quantitative estimate of drug-likeness (QED) is 0.694. The molecule has 0 aromatic heterocycles. The predicted octanol–water partition coefficient (Wildman–Crippen LogP) is 2.73. The van der Waals surface area contributed by atoms with Crippen LogP contribution in [-0.2, 0) is 21.2 Å². The molecule has 2 N–H and O–H groups in total. The lowest BCUT2D eigenvalue weighted by Gasteiger charge is -2.31. The predicted molar refractivity (Wildman–Crippen MR) is 94.9 cm³/mol. The van der Waals surface area contributed by atoms with Gasteiger partial charge in [-0.25, -0.2) is 8.42 Å². The molecular formula is C16H24ClF3N2O3S. The van der Waals surface area contributed by atoms with Crippen LogP contribution in [0.3, 0.4) is 0 Å². The number of hydrogen-bond donors (Lipinski definition) is 1. The third kappa shape index (κ3) is 6.70. The molecule has 5 nitrogen and oxygen atoms in total. The van der Waals surface area contributed by atoms with Gasteiger partial charge in [-0.05, 0) is 43.5 Å². The Balaban J connectivity index is 0.00000338. The summed E-state index contributed by atoms with van der Waals surface area (Å²) in [6.45, 7) is 1.78. The molecule has 0 bridgehead atoms. The van der Waals surface area contributed by atoms with Crippen molar-refractivity contribution in [3.63, 3.8) is 0 Å². The van der Waals surface area contributed by atoms with Gasteiger partial charge in [0.25, 0.3) is 0 Å². The second-order valence-electron chi connectivity index (χ2n) is 6.05. The zero-order valence-electron chi connectivity index (χ0n) is 14.2. The molecule has 1 aromatic carbocycles. The van der Waals surface area contributed by atoms with Crippen molar-refractivity contribution in [2.24, 2.45) is 5.73 Å². The van der Waals surface area contributed by atoms with Crippen LogP contribution in [0.4, 0.5) is 13.2 Å². The second-order valence-corrected chi connectivity index (χ2v) is 7.99. The van der Waals surface area contributed by atoms with Crippen molar-refractivity contribution in [1.29, 1.82) is 0 Å². The lowest BCUT2D eigenvalue weighted by molar-refractivity contribution is -0.127. The first-order valence-corrected chi connectivity index (χ1v) is 9.64. The zero-order chi connectivity index (χ0) is 18.5. The molecule has 0 aliphatic carbocycles. The fraction of sp³-hybridized carbons (Fsp3) is 0.625. The fourth-order valence-corrected chi connectivity index (χ4v) is 4.20. The zero-order valence-corrected chi connectivity index (χ0v) is 15.9. The maximum atomic E-state index is 12.6. The van der Waals surface area contributed by atoms with Gasteiger partial charge in [-0.3, -0.25) is 0 Å². The van der Waals surface area contributed by atoms with E-state index in [9.17, 15) is 21.6 Å². The number of benzene rings is 1. The van der Waals surface area contributed by atoms with Crippen LogP contribution in [0.15, 0.2) is 29.2 Å². The van der Waals surface area contributed by atoms with E-state index in [1.807, 2.05) is 0 Å². The molecule has 150 valence electrons. The molecule has 0 spiro atoms. The maximum Gasteiger partial charge on any atom is 0.393 e. The number of hydrogen-bond acceptors (Lipinski definition) is 4. The Labute approximate surface area is 158 Å². The standard InChI is InChI=1S/C16H23F3N2O3S.ClH/c17-16(18,19)12-13-2-4-15(5-3-13)25(22,23)21-9-6-14(7-10-21)24-11-1-8-20;/h2-5,14H,1,6-12,20H2;1H. The van der Waals surface area contributed by atoms with Crippen molar-refractivity contribution in [2.45, 2.75) is 42.9 Å². The van der Waals surface area contributed by atoms with Crippen LogP contribution >= 0.6 is 12.4 Å². The molecular weight excluding hydrogens is 393 g/mol. The number of nitrogens with zero attached hydrogens (tertiary/aromatic N) is 1. The maximum absolute atomic E-state index is 12.6. The van der Waals surface area contributed by atoms with E-state index in [4.69, 9.17) is 10.5 Å². The second kappa shape index (κ2) is 9.89. The summed E-state index contributed by atoms with van der Waals surface area (Å²) < 4.78 is 69.3. The van der Waals surface area contributed by atoms with Crippen molar-refractivity contribution < 1.29 is 26.3 Å². The Bertz CT molecular complexity index is 646. The highest BCUT2D eigenvalue weighted by molar-refractivity contribution is 7.89. The molecule has 1 aromatic rings. The molecule has 1 fully saturated rings. The molecule has 1 aliphatic rings. The lowest BCUT2D eigenvalue weighted by atomic mass is 10.1. The summed E-state index contributed by atoms with van der Waals surface area (Å²) in [4.78, 5) is 0.0147. The average Bonchev–Trinajstić information content (AvgIpc) is 2.55. The van der Waals surface area contributed by atoms with Crippen molar-refractivity contribution in [3.8, 4) is 0 Å². The minimum Gasteiger partial charge on any atom is -0.378 e. The number of nitrogens with two attached hydrogens (primary N) is 1. The van der Waals surface area contributed by atoms with Crippen LogP contribution in [0, 0.1) is 0 Å². The topological polar surface area (TPSA) is 72.6 Å². The summed E-state index contributed by atoms with van der Waals surface area (Å²) in [6, 6.07) is 4.90. The molecule has 10 heteroatoms. The molecule has 0 amide bonds. The summed E-state index contributed by atoms with van der Waals surface area (Å²) in [7, 11) is -3.69. The van der Waals surface area contributed by atoms with E-state index in [1.54, 1.807) is 0 Å². The lowest BCUT2D eigenvalue weighted by Crippen LogP contribution is -2.41. The third-order valence-electron chi connectivity index (χ3n) is 4.07. The highest BCUT2D eigenvalue weighted by atomic mass is 35.5. The van der Waals surface area contributed by atoms with E-state index in [0.717, 1.165) is 6.42 Å². The van der Waals surface area contributed by atoms with E-state index >= 15 is 0 Å². The van der Waals surface area contributed by atoms with Crippen LogP contribution in [0.1, 0.15) is 24.8 Å². The highest BCUT2D eigenvalue weighted by Crippen LogP contribution is 2.25. The molecule has 2 rings (SSSR count). The summed E-state index contributed by atoms with van der Waals surface area (Å²) in [5, 5.41) is 0. The van der Waals surface area contributed by atoms with Crippen LogP contribution in [0.25, 0.3) is 0 Å². The van der Waals surface area contributed by atoms with Crippen molar-refractivity contribution in [1.82, 2.24) is 4.31 Å². The molecule has 1 heterocycles. The van der Waals surface area contributed by atoms with E-state index in [-0.39, 0.29) is 29.0 Å². The minimum absolute atomic E-state index is 0. The van der Waals surface area contributed by atoms with Gasteiger partial charge in [-0.1, -0.05) is 12.1 Å². The van der Waals surface area contributed by atoms with Gasteiger partial charge in [0.15, 0.2) is 0 Å². The monoisotopic (exact) mass is 416 g/mol. The summed E-state index contributed by atoms with van der Waals surface area (Å²) in [5.41, 5.74) is 5.44. The van der Waals surface area contributed by atoms with Crippen molar-refractivity contribution in [2.75, 3.05) is 26.2 Å². The minimum atomic E-state index is -4.31. The van der Waals surface area contributed by atoms with E-state index in [1.165, 1.54) is 28.6 Å². The molecule has 0 unspecified atom stereocenters. The first kappa shape index (κ1) is 23.2. The van der Waals surface area contributed by atoms with Gasteiger partial charge in [-0.2, -0.15) is 17.5 Å². The number of alkyl halides is 3. The average molecular weight is 417 g/mol. The van der Waals surface area contributed by atoms with Crippen LogP contribution in [0.5, 0.6) is 0 Å². The molecule has 1 aliphatic heterocycles. The van der Waals surface area contributed by atoms with Gasteiger partial charge in [-0.15, -0.1) is 12.4 Å². The largest absolute Gasteiger partial charge is 0.393 e. The Kier molecular flexibility index (Phi) is 8.81. The van der Waals surface area contributed by atoms with Crippen LogP contribution in [0.2, 0.25) is 0 Å². The van der Waals surface area contributed by atoms with E-state index < -0.39 is 22.6 Å². The normalized spacial score (nSPS) is 17.1. The number of piperidine rings is 1. The molecule has 0 atom stereocenters. The summed E-state index contributed by atoms with van der Waals surface area (Å²) >= 11 is 0. The van der Waals surface area contributed by atoms with Gasteiger partial charge in [0.05, 0.1) is 17.4 Å². The Hall–Kier alpha value is -0.870. The van der Waals surface area contributed by atoms with Gasteiger partial charge in [0, 0.05) is 19.7 Å². The van der Waals surface area contributed by atoms with Crippen LogP contribution in [-0.4, -0.2) is 51.2 Å². The SMILES string of the molecule is Cl.NCCCOC1CCN(S(=O)(=O)c2ccc(CC(F)(F)F)cc2)CC1. The molecule has 0 saturated carbocycles. The van der Waals surface area contributed by atoms with Crippen molar-refractivity contribution in [3.05, 3.63) is 29.8 Å². The summed E-state index contributed by atoms with van der Waals surface area (Å²) in [6.07, 6.45) is -3.41. The first-order chi connectivity index (χ1) is 11.7. The van der Waals surface area contributed by atoms with Crippen molar-refractivity contribution >= 4 is 22.4 Å². The Morgan fingerprint density at radius 1 is 1.15 bits per heavy atom. The van der Waals surface area contributed by atoms with Gasteiger partial charge >= 0.3 is 6.18 Å². The number of ether oxygens (including phenoxy) is 1. The number of halogens is 4.